The third-order valence-corrected chi connectivity index (χ3v) is 3.73. The van der Waals surface area contributed by atoms with Crippen molar-refractivity contribution in [2.75, 3.05) is 0 Å². The number of hydrogen-bond donors (Lipinski definition) is 0. The van der Waals surface area contributed by atoms with Crippen LogP contribution < -0.4 is 9.47 Å². The molecule has 3 aromatic carbocycles. The van der Waals surface area contributed by atoms with Crippen LogP contribution in [-0.4, -0.2) is 5.97 Å². The monoisotopic (exact) mass is 372 g/mol. The standard InChI is InChI=1S/C21H15F3O3/c22-21(23,24)19-9-5-4-8-18(19)20(25)27-17-12-10-16(11-13-17)26-14-15-6-2-1-3-7-15/h1-13H,14H2. The van der Waals surface area contributed by atoms with Crippen molar-refractivity contribution in [1.82, 2.24) is 0 Å². The van der Waals surface area contributed by atoms with E-state index in [0.717, 1.165) is 17.7 Å². The Labute approximate surface area is 154 Å². The topological polar surface area (TPSA) is 35.5 Å². The smallest absolute Gasteiger partial charge is 0.417 e. The molecule has 0 aromatic heterocycles. The average molecular weight is 372 g/mol. The molecule has 0 saturated heterocycles. The second kappa shape index (κ2) is 7.95. The summed E-state index contributed by atoms with van der Waals surface area (Å²) in [5.74, 6) is -0.390. The Morgan fingerprint density at radius 2 is 1.37 bits per heavy atom. The van der Waals surface area contributed by atoms with Gasteiger partial charge < -0.3 is 9.47 Å². The Hall–Kier alpha value is -3.28. The average Bonchev–Trinajstić information content (AvgIpc) is 2.67. The van der Waals surface area contributed by atoms with E-state index in [9.17, 15) is 18.0 Å². The Morgan fingerprint density at radius 1 is 0.778 bits per heavy atom. The molecule has 27 heavy (non-hydrogen) atoms. The van der Waals surface area contributed by atoms with Crippen molar-refractivity contribution in [3.05, 3.63) is 95.6 Å². The zero-order valence-corrected chi connectivity index (χ0v) is 14.1. The molecule has 0 bridgehead atoms. The number of carbonyl (C=O) groups excluding carboxylic acids is 1. The maximum Gasteiger partial charge on any atom is 0.417 e. The molecule has 0 radical (unpaired) electrons. The first kappa shape index (κ1) is 18.5. The van der Waals surface area contributed by atoms with Gasteiger partial charge in [-0.15, -0.1) is 0 Å². The molecule has 0 fully saturated rings. The minimum absolute atomic E-state index is 0.129. The number of halogens is 3. The van der Waals surface area contributed by atoms with E-state index in [2.05, 4.69) is 0 Å². The molecule has 0 saturated carbocycles. The highest BCUT2D eigenvalue weighted by atomic mass is 19.4. The maximum atomic E-state index is 13.0. The molecule has 0 atom stereocenters. The van der Waals surface area contributed by atoms with E-state index >= 15 is 0 Å². The van der Waals surface area contributed by atoms with E-state index in [1.807, 2.05) is 30.3 Å². The Bertz CT molecular complexity index is 904. The van der Waals surface area contributed by atoms with Crippen LogP contribution in [0.2, 0.25) is 0 Å². The van der Waals surface area contributed by atoms with Crippen LogP contribution in [0.15, 0.2) is 78.9 Å². The highest BCUT2D eigenvalue weighted by Crippen LogP contribution is 2.32. The summed E-state index contributed by atoms with van der Waals surface area (Å²) in [6, 6.07) is 20.2. The summed E-state index contributed by atoms with van der Waals surface area (Å²) in [5, 5.41) is 0. The summed E-state index contributed by atoms with van der Waals surface area (Å²) >= 11 is 0. The molecule has 6 heteroatoms. The van der Waals surface area contributed by atoms with E-state index in [4.69, 9.17) is 9.47 Å². The van der Waals surface area contributed by atoms with Crippen molar-refractivity contribution in [2.45, 2.75) is 12.8 Å². The van der Waals surface area contributed by atoms with E-state index < -0.39 is 23.3 Å². The van der Waals surface area contributed by atoms with Crippen LogP contribution in [0.25, 0.3) is 0 Å². The first-order chi connectivity index (χ1) is 12.9. The summed E-state index contributed by atoms with van der Waals surface area (Å²) in [7, 11) is 0. The molecular formula is C21H15F3O3. The highest BCUT2D eigenvalue weighted by molar-refractivity contribution is 5.92. The van der Waals surface area contributed by atoms with Crippen LogP contribution >= 0.6 is 0 Å². The van der Waals surface area contributed by atoms with Gasteiger partial charge in [0.25, 0.3) is 0 Å². The molecule has 0 N–H and O–H groups in total. The lowest BCUT2D eigenvalue weighted by molar-refractivity contribution is -0.138. The molecule has 0 spiro atoms. The fourth-order valence-electron chi connectivity index (χ4n) is 2.42. The maximum absolute atomic E-state index is 13.0. The van der Waals surface area contributed by atoms with Crippen molar-refractivity contribution in [1.29, 1.82) is 0 Å². The van der Waals surface area contributed by atoms with Gasteiger partial charge in [-0.2, -0.15) is 13.2 Å². The second-order valence-corrected chi connectivity index (χ2v) is 5.68. The molecular weight excluding hydrogens is 357 g/mol. The normalized spacial score (nSPS) is 11.1. The van der Waals surface area contributed by atoms with Crippen LogP contribution in [0.3, 0.4) is 0 Å². The number of ether oxygens (including phenoxy) is 2. The quantitative estimate of drug-likeness (QED) is 0.438. The summed E-state index contributed by atoms with van der Waals surface area (Å²) in [5.41, 5.74) is -0.566. The Morgan fingerprint density at radius 3 is 2.04 bits per heavy atom. The predicted octanol–water partition coefficient (Wildman–Crippen LogP) is 5.50. The molecule has 0 aliphatic heterocycles. The number of esters is 1. The predicted molar refractivity (Wildman–Crippen MR) is 93.6 cm³/mol. The summed E-state index contributed by atoms with van der Waals surface area (Å²) < 4.78 is 49.7. The zero-order chi connectivity index (χ0) is 19.3. The van der Waals surface area contributed by atoms with Crippen molar-refractivity contribution in [2.24, 2.45) is 0 Å². The van der Waals surface area contributed by atoms with Gasteiger partial charge >= 0.3 is 12.1 Å². The fourth-order valence-corrected chi connectivity index (χ4v) is 2.42. The molecule has 3 rings (SSSR count). The summed E-state index contributed by atoms with van der Waals surface area (Å²) in [6.45, 7) is 0.374. The van der Waals surface area contributed by atoms with Gasteiger partial charge in [-0.3, -0.25) is 0 Å². The van der Waals surface area contributed by atoms with Gasteiger partial charge in [0.05, 0.1) is 11.1 Å². The third kappa shape index (κ3) is 4.88. The molecule has 138 valence electrons. The molecule has 3 aromatic rings. The molecule has 0 heterocycles. The van der Waals surface area contributed by atoms with Crippen LogP contribution in [0.1, 0.15) is 21.5 Å². The number of rotatable bonds is 5. The third-order valence-electron chi connectivity index (χ3n) is 3.73. The largest absolute Gasteiger partial charge is 0.489 e. The van der Waals surface area contributed by atoms with Gasteiger partial charge in [-0.05, 0) is 42.0 Å². The summed E-state index contributed by atoms with van der Waals surface area (Å²) in [6.07, 6.45) is -4.63. The van der Waals surface area contributed by atoms with Gasteiger partial charge in [0.1, 0.15) is 18.1 Å². The van der Waals surface area contributed by atoms with Gasteiger partial charge in [0.15, 0.2) is 0 Å². The van der Waals surface area contributed by atoms with E-state index in [0.29, 0.717) is 12.4 Å². The lowest BCUT2D eigenvalue weighted by Gasteiger charge is -2.12. The SMILES string of the molecule is O=C(Oc1ccc(OCc2ccccc2)cc1)c1ccccc1C(F)(F)F. The first-order valence-electron chi connectivity index (χ1n) is 8.09. The van der Waals surface area contributed by atoms with Crippen LogP contribution in [0.5, 0.6) is 11.5 Å². The fraction of sp³-hybridized carbons (Fsp3) is 0.0952. The van der Waals surface area contributed by atoms with E-state index in [1.54, 1.807) is 12.1 Å². The highest BCUT2D eigenvalue weighted by Gasteiger charge is 2.35. The lowest BCUT2D eigenvalue weighted by Crippen LogP contribution is -2.16. The summed E-state index contributed by atoms with van der Waals surface area (Å²) in [4.78, 5) is 12.1. The molecule has 0 amide bonds. The van der Waals surface area contributed by atoms with E-state index in [-0.39, 0.29) is 5.75 Å². The number of carbonyl (C=O) groups is 1. The molecule has 0 aliphatic carbocycles. The second-order valence-electron chi connectivity index (χ2n) is 5.68. The van der Waals surface area contributed by atoms with Gasteiger partial charge in [-0.25, -0.2) is 4.79 Å². The van der Waals surface area contributed by atoms with Crippen LogP contribution in [0, 0.1) is 0 Å². The minimum atomic E-state index is -4.63. The molecule has 0 unspecified atom stereocenters. The molecule has 0 aliphatic rings. The lowest BCUT2D eigenvalue weighted by atomic mass is 10.1. The minimum Gasteiger partial charge on any atom is -0.489 e. The van der Waals surface area contributed by atoms with Crippen LogP contribution in [-0.2, 0) is 12.8 Å². The Balaban J connectivity index is 1.66. The number of alkyl halides is 3. The van der Waals surface area contributed by atoms with Crippen molar-refractivity contribution >= 4 is 5.97 Å². The van der Waals surface area contributed by atoms with E-state index in [1.165, 1.54) is 24.3 Å². The number of hydrogen-bond acceptors (Lipinski definition) is 3. The van der Waals surface area contributed by atoms with Crippen LogP contribution in [0.4, 0.5) is 13.2 Å². The number of benzene rings is 3. The van der Waals surface area contributed by atoms with Gasteiger partial charge in [0, 0.05) is 0 Å². The zero-order valence-electron chi connectivity index (χ0n) is 14.1. The molecule has 3 nitrogen and oxygen atoms in total. The van der Waals surface area contributed by atoms with Crippen molar-refractivity contribution < 1.29 is 27.4 Å². The first-order valence-corrected chi connectivity index (χ1v) is 8.09. The Kier molecular flexibility index (Phi) is 5.45. The van der Waals surface area contributed by atoms with Gasteiger partial charge in [0.2, 0.25) is 0 Å². The van der Waals surface area contributed by atoms with Crippen molar-refractivity contribution in [3.63, 3.8) is 0 Å². The van der Waals surface area contributed by atoms with Gasteiger partial charge in [-0.1, -0.05) is 42.5 Å². The van der Waals surface area contributed by atoms with Crippen molar-refractivity contribution in [3.8, 4) is 11.5 Å².